The second-order valence-corrected chi connectivity index (χ2v) is 4.76. The lowest BCUT2D eigenvalue weighted by Gasteiger charge is -1.74. The van der Waals surface area contributed by atoms with E-state index in [1.165, 1.54) is 12.2 Å². The molecule has 36 valence electrons. The summed E-state index contributed by atoms with van der Waals surface area (Å²) in [5.41, 5.74) is 0. The fourth-order valence-electron chi connectivity index (χ4n) is 0.396. The van der Waals surface area contributed by atoms with Gasteiger partial charge in [-0.1, -0.05) is 0 Å². The number of rotatable bonds is 0. The molecule has 0 radical (unpaired) electrons. The zero-order valence-corrected chi connectivity index (χ0v) is 5.02. The summed E-state index contributed by atoms with van der Waals surface area (Å²) >= 11 is 0. The summed E-state index contributed by atoms with van der Waals surface area (Å²) < 4.78 is 8.72. The smallest absolute Gasteiger partial charge is 0.174 e. The lowest BCUT2D eigenvalue weighted by atomic mass is 10.6. The van der Waals surface area contributed by atoms with Gasteiger partial charge in [-0.2, -0.15) is 4.55 Å². The molecule has 0 aromatic heterocycles. The van der Waals surface area contributed by atoms with E-state index < -0.39 is 0 Å². The van der Waals surface area contributed by atoms with E-state index in [0.29, 0.717) is 0 Å². The molecule has 0 aromatic rings. The van der Waals surface area contributed by atoms with Crippen molar-refractivity contribution in [2.75, 3.05) is 11.5 Å². The van der Waals surface area contributed by atoms with E-state index in [2.05, 4.69) is 0 Å². The van der Waals surface area contributed by atoms with Gasteiger partial charge in [-0.25, -0.2) is 0 Å². The normalized spacial score (nSPS) is 34.5. The summed E-state index contributed by atoms with van der Waals surface area (Å²) in [6, 6.07) is 0. The van der Waals surface area contributed by atoms with Crippen LogP contribution in [0.25, 0.3) is 0 Å². The molecule has 0 spiro atoms. The zero-order valence-electron chi connectivity index (χ0n) is 3.39. The minimum Gasteiger partial charge on any atom is -0.174 e. The van der Waals surface area contributed by atoms with Crippen molar-refractivity contribution >= 4 is 21.0 Å². The van der Waals surface area contributed by atoms with Crippen LogP contribution in [-0.4, -0.2) is 16.1 Å². The van der Waals surface area contributed by atoms with Gasteiger partial charge < -0.3 is 0 Å². The summed E-state index contributed by atoms with van der Waals surface area (Å²) in [6.07, 6.45) is 1.21. The molecule has 1 aliphatic rings. The SMILES string of the molecule is O[S+]1CCCS1. The van der Waals surface area contributed by atoms with Crippen LogP contribution < -0.4 is 0 Å². The molecule has 6 heavy (non-hydrogen) atoms. The molecule has 0 aliphatic carbocycles. The van der Waals surface area contributed by atoms with Crippen molar-refractivity contribution in [3.8, 4) is 0 Å². The summed E-state index contributed by atoms with van der Waals surface area (Å²) in [6.45, 7) is 0. The van der Waals surface area contributed by atoms with E-state index >= 15 is 0 Å². The van der Waals surface area contributed by atoms with Crippen LogP contribution in [0, 0.1) is 0 Å². The molecule has 1 rings (SSSR count). The molecular formula is C3H7OS2+. The molecule has 1 saturated heterocycles. The molecule has 0 saturated carbocycles. The Labute approximate surface area is 44.1 Å². The third-order valence-electron chi connectivity index (χ3n) is 0.683. The molecule has 0 amide bonds. The monoisotopic (exact) mass is 123 g/mol. The van der Waals surface area contributed by atoms with Gasteiger partial charge in [0.1, 0.15) is 10.8 Å². The van der Waals surface area contributed by atoms with Crippen LogP contribution in [-0.2, 0) is 10.2 Å². The van der Waals surface area contributed by atoms with Gasteiger partial charge >= 0.3 is 0 Å². The molecule has 0 aromatic carbocycles. The Bertz CT molecular complexity index is 42.1. The first-order chi connectivity index (χ1) is 2.89. The highest BCUT2D eigenvalue weighted by Gasteiger charge is 2.23. The molecule has 1 nitrogen and oxygen atoms in total. The van der Waals surface area contributed by atoms with E-state index in [4.69, 9.17) is 4.55 Å². The van der Waals surface area contributed by atoms with Crippen molar-refractivity contribution in [2.24, 2.45) is 0 Å². The number of hydrogen-bond donors (Lipinski definition) is 1. The largest absolute Gasteiger partial charge is 0.214 e. The van der Waals surface area contributed by atoms with Gasteiger partial charge in [-0.15, -0.1) is 0 Å². The predicted molar refractivity (Wildman–Crippen MR) is 31.9 cm³/mol. The van der Waals surface area contributed by atoms with Crippen molar-refractivity contribution in [3.05, 3.63) is 0 Å². The van der Waals surface area contributed by atoms with Crippen LogP contribution in [0.3, 0.4) is 0 Å². The van der Waals surface area contributed by atoms with Crippen LogP contribution in [0.4, 0.5) is 0 Å². The van der Waals surface area contributed by atoms with E-state index in [0.717, 1.165) is 5.75 Å². The first-order valence-corrected chi connectivity index (χ1v) is 4.78. The maximum atomic E-state index is 8.72. The topological polar surface area (TPSA) is 20.2 Å². The van der Waals surface area contributed by atoms with Crippen LogP contribution in [0.1, 0.15) is 6.42 Å². The van der Waals surface area contributed by atoms with E-state index in [9.17, 15) is 0 Å². The lowest BCUT2D eigenvalue weighted by Crippen LogP contribution is -1.88. The minimum atomic E-state index is -0.256. The first kappa shape index (κ1) is 4.81. The highest BCUT2D eigenvalue weighted by molar-refractivity contribution is 8.72. The molecule has 1 N–H and O–H groups in total. The third-order valence-corrected chi connectivity index (χ3v) is 3.86. The summed E-state index contributed by atoms with van der Waals surface area (Å²) in [5, 5.41) is 0. The summed E-state index contributed by atoms with van der Waals surface area (Å²) in [7, 11) is 1.42. The maximum Gasteiger partial charge on any atom is 0.214 e. The third kappa shape index (κ3) is 1.06. The fraction of sp³-hybridized carbons (Fsp3) is 1.00. The Hall–Kier alpha value is 0.660. The highest BCUT2D eigenvalue weighted by Crippen LogP contribution is 2.22. The van der Waals surface area contributed by atoms with Gasteiger partial charge in [0.2, 0.25) is 10.2 Å². The first-order valence-electron chi connectivity index (χ1n) is 1.93. The van der Waals surface area contributed by atoms with E-state index in [1.807, 2.05) is 0 Å². The Morgan fingerprint density at radius 1 is 1.67 bits per heavy atom. The van der Waals surface area contributed by atoms with Gasteiger partial charge in [-0.05, 0) is 0 Å². The van der Waals surface area contributed by atoms with Gasteiger partial charge in [0.15, 0.2) is 5.75 Å². The van der Waals surface area contributed by atoms with E-state index in [-0.39, 0.29) is 10.2 Å². The van der Waals surface area contributed by atoms with Crippen molar-refractivity contribution in [2.45, 2.75) is 6.42 Å². The van der Waals surface area contributed by atoms with Crippen molar-refractivity contribution < 1.29 is 4.55 Å². The molecule has 1 aliphatic heterocycles. The predicted octanol–water partition coefficient (Wildman–Crippen LogP) is 1.13. The highest BCUT2D eigenvalue weighted by atomic mass is 33.1. The number of hydrogen-bond acceptors (Lipinski definition) is 2. The molecule has 0 bridgehead atoms. The Morgan fingerprint density at radius 3 is 2.67 bits per heavy atom. The maximum absolute atomic E-state index is 8.72. The van der Waals surface area contributed by atoms with E-state index in [1.54, 1.807) is 10.8 Å². The van der Waals surface area contributed by atoms with Crippen LogP contribution in [0.2, 0.25) is 0 Å². The average molecular weight is 123 g/mol. The second-order valence-electron chi connectivity index (χ2n) is 1.20. The second kappa shape index (κ2) is 2.09. The molecular weight excluding hydrogens is 116 g/mol. The Balaban J connectivity index is 2.18. The molecule has 1 atom stereocenters. The van der Waals surface area contributed by atoms with Gasteiger partial charge in [0.25, 0.3) is 0 Å². The summed E-state index contributed by atoms with van der Waals surface area (Å²) in [4.78, 5) is 0. The van der Waals surface area contributed by atoms with Crippen molar-refractivity contribution in [1.82, 2.24) is 0 Å². The summed E-state index contributed by atoms with van der Waals surface area (Å²) in [5.74, 6) is 2.20. The molecule has 1 unspecified atom stereocenters. The average Bonchev–Trinajstić information content (AvgIpc) is 1.86. The standard InChI is InChI=1S/C3H7OS2/c4-6-3-1-2-5-6/h4H,1-3H2/q+1. The molecule has 1 heterocycles. The quantitative estimate of drug-likeness (QED) is 0.385. The molecule has 1 fully saturated rings. The van der Waals surface area contributed by atoms with Crippen LogP contribution in [0.15, 0.2) is 0 Å². The van der Waals surface area contributed by atoms with Crippen LogP contribution in [0.5, 0.6) is 0 Å². The molecule has 3 heteroatoms. The van der Waals surface area contributed by atoms with Crippen LogP contribution >= 0.6 is 10.8 Å². The van der Waals surface area contributed by atoms with Gasteiger partial charge in [0.05, 0.1) is 5.75 Å². The van der Waals surface area contributed by atoms with Crippen molar-refractivity contribution in [1.29, 1.82) is 0 Å². The zero-order chi connectivity index (χ0) is 4.41. The van der Waals surface area contributed by atoms with Crippen molar-refractivity contribution in [3.63, 3.8) is 0 Å². The van der Waals surface area contributed by atoms with Gasteiger partial charge in [0, 0.05) is 6.42 Å². The lowest BCUT2D eigenvalue weighted by molar-refractivity contribution is 0.654. The Kier molecular flexibility index (Phi) is 1.68. The minimum absolute atomic E-state index is 0.256. The fourth-order valence-corrected chi connectivity index (χ4v) is 3.18. The van der Waals surface area contributed by atoms with Gasteiger partial charge in [-0.3, -0.25) is 0 Å². The Morgan fingerprint density at radius 2 is 2.50 bits per heavy atom.